The molecule has 0 aromatic rings. The average molecular weight is 1070 g/mol. The summed E-state index contributed by atoms with van der Waals surface area (Å²) in [5.41, 5.74) is 0. The molecule has 76 heavy (non-hydrogen) atoms. The van der Waals surface area contributed by atoms with Gasteiger partial charge in [0.1, 0.15) is 0 Å². The van der Waals surface area contributed by atoms with Crippen LogP contribution in [-0.4, -0.2) is 47.4 Å². The second-order valence-electron chi connectivity index (χ2n) is 24.6. The summed E-state index contributed by atoms with van der Waals surface area (Å²) in [6, 6.07) is -0.541. The minimum atomic E-state index is -0.664. The summed E-state index contributed by atoms with van der Waals surface area (Å²) in [5.74, 6) is -0.0128. The van der Waals surface area contributed by atoms with Gasteiger partial charge in [-0.1, -0.05) is 373 Å². The van der Waals surface area contributed by atoms with Crippen LogP contribution in [0.2, 0.25) is 0 Å². The van der Waals surface area contributed by atoms with Crippen molar-refractivity contribution in [1.82, 2.24) is 5.32 Å². The van der Waals surface area contributed by atoms with E-state index >= 15 is 0 Å². The summed E-state index contributed by atoms with van der Waals surface area (Å²) in [4.78, 5) is 24.6. The maximum absolute atomic E-state index is 12.6. The van der Waals surface area contributed by atoms with Gasteiger partial charge in [-0.2, -0.15) is 0 Å². The van der Waals surface area contributed by atoms with Crippen LogP contribution >= 0.6 is 0 Å². The lowest BCUT2D eigenvalue weighted by molar-refractivity contribution is -0.143. The summed E-state index contributed by atoms with van der Waals surface area (Å²) >= 11 is 0. The third kappa shape index (κ3) is 62.1. The van der Waals surface area contributed by atoms with E-state index in [2.05, 4.69) is 19.2 Å². The van der Waals surface area contributed by atoms with Gasteiger partial charge in [-0.3, -0.25) is 9.59 Å². The first-order chi connectivity index (χ1) is 37.5. The van der Waals surface area contributed by atoms with Crippen LogP contribution in [0.3, 0.4) is 0 Å². The Morgan fingerprint density at radius 1 is 0.316 bits per heavy atom. The molecular weight excluding hydrogens is 935 g/mol. The minimum absolute atomic E-state index is 0.0156. The molecule has 0 aliphatic carbocycles. The summed E-state index contributed by atoms with van der Waals surface area (Å²) in [7, 11) is 0. The van der Waals surface area contributed by atoms with Crippen molar-refractivity contribution in [2.45, 2.75) is 424 Å². The second-order valence-corrected chi connectivity index (χ2v) is 24.6. The maximum atomic E-state index is 12.6. The Labute approximate surface area is 476 Å². The van der Waals surface area contributed by atoms with E-state index in [1.165, 1.54) is 340 Å². The van der Waals surface area contributed by atoms with Gasteiger partial charge >= 0.3 is 5.97 Å². The van der Waals surface area contributed by atoms with Crippen LogP contribution in [0.5, 0.6) is 0 Å². The third-order valence-electron chi connectivity index (χ3n) is 16.9. The quantitative estimate of drug-likeness (QED) is 0.0417. The molecule has 0 aromatic heterocycles. The first-order valence-corrected chi connectivity index (χ1v) is 35.3. The fourth-order valence-electron chi connectivity index (χ4n) is 11.5. The van der Waals surface area contributed by atoms with Crippen LogP contribution in [0, 0.1) is 0 Å². The lowest BCUT2D eigenvalue weighted by Crippen LogP contribution is -2.45. The summed E-state index contributed by atoms with van der Waals surface area (Å²) in [6.45, 7) is 5.00. The van der Waals surface area contributed by atoms with Crippen molar-refractivity contribution in [3.8, 4) is 0 Å². The fourth-order valence-corrected chi connectivity index (χ4v) is 11.5. The highest BCUT2D eigenvalue weighted by molar-refractivity contribution is 5.76. The van der Waals surface area contributed by atoms with E-state index in [4.69, 9.17) is 4.74 Å². The second kappa shape index (κ2) is 66.4. The number of aliphatic hydroxyl groups is 2. The van der Waals surface area contributed by atoms with Crippen LogP contribution in [0.1, 0.15) is 412 Å². The Balaban J connectivity index is 3.37. The summed E-state index contributed by atoms with van der Waals surface area (Å²) < 4.78 is 5.47. The molecule has 0 rings (SSSR count). The number of unbranched alkanes of at least 4 members (excludes halogenated alkanes) is 56. The molecule has 0 radical (unpaired) electrons. The number of esters is 1. The molecule has 0 saturated carbocycles. The monoisotopic (exact) mass is 1070 g/mol. The van der Waals surface area contributed by atoms with E-state index < -0.39 is 12.1 Å². The smallest absolute Gasteiger partial charge is 0.305 e. The van der Waals surface area contributed by atoms with Gasteiger partial charge in [0.2, 0.25) is 5.91 Å². The van der Waals surface area contributed by atoms with Gasteiger partial charge in [-0.05, 0) is 25.7 Å². The zero-order chi connectivity index (χ0) is 55.0. The molecule has 0 fully saturated rings. The molecule has 0 spiro atoms. The normalized spacial score (nSPS) is 12.4. The van der Waals surface area contributed by atoms with Crippen molar-refractivity contribution < 1.29 is 24.5 Å². The van der Waals surface area contributed by atoms with Crippen LogP contribution in [0.25, 0.3) is 0 Å². The standard InChI is InChI=1S/C70H139NO5/c1-3-5-7-9-11-13-15-16-17-18-19-20-21-22-24-27-30-33-36-39-43-46-50-54-58-62-68(73)67(66-72)71-69(74)63-59-55-51-47-44-40-37-34-31-28-25-23-26-29-32-35-38-41-45-49-53-57-61-65-76-70(75)64-60-56-52-48-42-14-12-10-8-6-4-2/h67-68,72-73H,3-66H2,1-2H3,(H,71,74). The van der Waals surface area contributed by atoms with Crippen LogP contribution in [0.4, 0.5) is 0 Å². The predicted molar refractivity (Wildman–Crippen MR) is 334 cm³/mol. The van der Waals surface area contributed by atoms with Crippen LogP contribution < -0.4 is 5.32 Å². The molecule has 0 aliphatic rings. The van der Waals surface area contributed by atoms with Gasteiger partial charge in [0.15, 0.2) is 0 Å². The van der Waals surface area contributed by atoms with Crippen molar-refractivity contribution in [1.29, 1.82) is 0 Å². The first-order valence-electron chi connectivity index (χ1n) is 35.3. The largest absolute Gasteiger partial charge is 0.466 e. The highest BCUT2D eigenvalue weighted by Crippen LogP contribution is 2.20. The molecular formula is C70H139NO5. The number of nitrogens with one attached hydrogen (secondary N) is 1. The van der Waals surface area contributed by atoms with E-state index in [0.717, 1.165) is 38.5 Å². The molecule has 6 heteroatoms. The Morgan fingerprint density at radius 3 is 0.803 bits per heavy atom. The molecule has 0 aromatic carbocycles. The molecule has 454 valence electrons. The Morgan fingerprint density at radius 2 is 0.539 bits per heavy atom. The number of aliphatic hydroxyl groups excluding tert-OH is 2. The fraction of sp³-hybridized carbons (Fsp3) is 0.971. The number of hydrogen-bond donors (Lipinski definition) is 3. The van der Waals surface area contributed by atoms with E-state index in [0.29, 0.717) is 25.9 Å². The van der Waals surface area contributed by atoms with Gasteiger partial charge < -0.3 is 20.3 Å². The van der Waals surface area contributed by atoms with Gasteiger partial charge in [-0.25, -0.2) is 0 Å². The number of carbonyl (C=O) groups is 2. The van der Waals surface area contributed by atoms with Gasteiger partial charge in [0, 0.05) is 12.8 Å². The van der Waals surface area contributed by atoms with E-state index in [-0.39, 0.29) is 18.5 Å². The molecule has 2 atom stereocenters. The topological polar surface area (TPSA) is 95.9 Å². The number of rotatable bonds is 67. The highest BCUT2D eigenvalue weighted by atomic mass is 16.5. The summed E-state index contributed by atoms with van der Waals surface area (Å²) in [5, 5.41) is 23.5. The minimum Gasteiger partial charge on any atom is -0.466 e. The van der Waals surface area contributed by atoms with Crippen molar-refractivity contribution >= 4 is 11.9 Å². The van der Waals surface area contributed by atoms with Crippen LogP contribution in [0.15, 0.2) is 0 Å². The van der Waals surface area contributed by atoms with Gasteiger partial charge in [0.25, 0.3) is 0 Å². The molecule has 3 N–H and O–H groups in total. The lowest BCUT2D eigenvalue weighted by atomic mass is 10.0. The van der Waals surface area contributed by atoms with E-state index in [1.807, 2.05) is 0 Å². The van der Waals surface area contributed by atoms with Crippen LogP contribution in [-0.2, 0) is 14.3 Å². The van der Waals surface area contributed by atoms with Crippen molar-refractivity contribution in [3.63, 3.8) is 0 Å². The molecule has 1 amide bonds. The van der Waals surface area contributed by atoms with Gasteiger partial charge in [0.05, 0.1) is 25.4 Å². The highest BCUT2D eigenvalue weighted by Gasteiger charge is 2.20. The SMILES string of the molecule is CCCCCCCCCCCCCCCCCCCCCCCCCCCC(O)C(CO)NC(=O)CCCCCCCCCCCCCCCCCCCCCCCCCOC(=O)CCCCCCCCCCCCC. The number of ether oxygens (including phenoxy) is 1. The zero-order valence-electron chi connectivity index (χ0n) is 52.0. The number of carbonyl (C=O) groups excluding carboxylic acids is 2. The molecule has 2 unspecified atom stereocenters. The summed E-state index contributed by atoms with van der Waals surface area (Å²) in [6.07, 6.45) is 80.1. The first kappa shape index (κ1) is 74.9. The van der Waals surface area contributed by atoms with Gasteiger partial charge in [-0.15, -0.1) is 0 Å². The third-order valence-corrected chi connectivity index (χ3v) is 16.9. The Kier molecular flexibility index (Phi) is 65.4. The predicted octanol–water partition coefficient (Wildman–Crippen LogP) is 22.6. The zero-order valence-corrected chi connectivity index (χ0v) is 52.0. The molecule has 6 nitrogen and oxygen atoms in total. The molecule has 0 aliphatic heterocycles. The lowest BCUT2D eigenvalue weighted by Gasteiger charge is -2.22. The molecule has 0 saturated heterocycles. The van der Waals surface area contributed by atoms with E-state index in [1.54, 1.807) is 0 Å². The Hall–Kier alpha value is -1.14. The van der Waals surface area contributed by atoms with Crippen molar-refractivity contribution in [2.24, 2.45) is 0 Å². The van der Waals surface area contributed by atoms with Crippen molar-refractivity contribution in [2.75, 3.05) is 13.2 Å². The number of amides is 1. The van der Waals surface area contributed by atoms with Crippen molar-refractivity contribution in [3.05, 3.63) is 0 Å². The molecule has 0 heterocycles. The Bertz CT molecular complexity index is 1100. The number of hydrogen-bond acceptors (Lipinski definition) is 5. The maximum Gasteiger partial charge on any atom is 0.305 e. The molecule has 0 bridgehead atoms. The average Bonchev–Trinajstić information content (AvgIpc) is 3.42. The van der Waals surface area contributed by atoms with E-state index in [9.17, 15) is 19.8 Å².